The fraction of sp³-hybridized carbons (Fsp3) is 0.250. The molecule has 0 saturated carbocycles. The molecule has 1 atom stereocenters. The first-order valence-corrected chi connectivity index (χ1v) is 10.1. The first-order valence-electron chi connectivity index (χ1n) is 10.1. The van der Waals surface area contributed by atoms with Crippen LogP contribution in [0.4, 0.5) is 0 Å². The summed E-state index contributed by atoms with van der Waals surface area (Å²) in [5.41, 5.74) is 16.8. The smallest absolute Gasteiger partial charge is 0.192 e. The van der Waals surface area contributed by atoms with Gasteiger partial charge in [0.05, 0.1) is 22.9 Å². The Morgan fingerprint density at radius 1 is 1.13 bits per heavy atom. The van der Waals surface area contributed by atoms with Gasteiger partial charge in [-0.25, -0.2) is 4.98 Å². The standard InChI is InChI=1S/C24H28N6/c1-5-15(3)23(30-24(25)26)28-16(4)19-14-18-11-9-10-17(6-2)21(18)29-22(19)20-12-7-8-13-27-20/h7-14,16H,3,5-6H2,1-2,4H3,(H4,25,26,28,30)/t16-/m0/s1. The van der Waals surface area contributed by atoms with E-state index in [1.54, 1.807) is 6.20 Å². The summed E-state index contributed by atoms with van der Waals surface area (Å²) in [7, 11) is 0. The molecule has 3 rings (SSSR count). The molecule has 0 aliphatic rings. The number of fused-ring (bicyclic) bond motifs is 1. The molecule has 0 saturated heterocycles. The van der Waals surface area contributed by atoms with Gasteiger partial charge in [-0.3, -0.25) is 9.98 Å². The highest BCUT2D eigenvalue weighted by atomic mass is 15.0. The summed E-state index contributed by atoms with van der Waals surface area (Å²) in [5, 5.41) is 1.07. The van der Waals surface area contributed by atoms with Gasteiger partial charge in [-0.15, -0.1) is 0 Å². The Morgan fingerprint density at radius 3 is 2.57 bits per heavy atom. The molecular weight excluding hydrogens is 372 g/mol. The van der Waals surface area contributed by atoms with Crippen molar-refractivity contribution in [3.05, 3.63) is 71.9 Å². The van der Waals surface area contributed by atoms with Crippen molar-refractivity contribution in [2.45, 2.75) is 39.7 Å². The van der Waals surface area contributed by atoms with Gasteiger partial charge in [-0.2, -0.15) is 4.99 Å². The van der Waals surface area contributed by atoms with E-state index in [-0.39, 0.29) is 12.0 Å². The molecule has 2 aromatic heterocycles. The third-order valence-corrected chi connectivity index (χ3v) is 4.99. The van der Waals surface area contributed by atoms with E-state index < -0.39 is 0 Å². The number of benzene rings is 1. The minimum Gasteiger partial charge on any atom is -0.370 e. The van der Waals surface area contributed by atoms with Crippen LogP contribution in [0.25, 0.3) is 22.3 Å². The molecule has 0 spiro atoms. The molecule has 0 bridgehead atoms. The van der Waals surface area contributed by atoms with Crippen molar-refractivity contribution < 1.29 is 0 Å². The molecule has 0 amide bonds. The first-order chi connectivity index (χ1) is 14.4. The third-order valence-electron chi connectivity index (χ3n) is 4.99. The number of amidine groups is 1. The summed E-state index contributed by atoms with van der Waals surface area (Å²) in [6, 6.07) is 14.0. The van der Waals surface area contributed by atoms with Gasteiger partial charge in [0.15, 0.2) is 11.8 Å². The highest BCUT2D eigenvalue weighted by Gasteiger charge is 2.18. The molecule has 0 fully saturated rings. The summed E-state index contributed by atoms with van der Waals surface area (Å²) >= 11 is 0. The lowest BCUT2D eigenvalue weighted by Crippen LogP contribution is -2.24. The van der Waals surface area contributed by atoms with Crippen molar-refractivity contribution in [3.63, 3.8) is 0 Å². The summed E-state index contributed by atoms with van der Waals surface area (Å²) in [6.45, 7) is 10.2. The number of aliphatic imine (C=N–C) groups is 2. The molecule has 0 radical (unpaired) electrons. The maximum Gasteiger partial charge on any atom is 0.192 e. The average molecular weight is 401 g/mol. The van der Waals surface area contributed by atoms with Crippen molar-refractivity contribution in [3.8, 4) is 11.4 Å². The maximum atomic E-state index is 5.61. The topological polar surface area (TPSA) is 103 Å². The predicted molar refractivity (Wildman–Crippen MR) is 125 cm³/mol. The van der Waals surface area contributed by atoms with Crippen LogP contribution < -0.4 is 11.5 Å². The Labute approximate surface area is 177 Å². The molecule has 3 aromatic rings. The highest BCUT2D eigenvalue weighted by molar-refractivity contribution is 6.04. The van der Waals surface area contributed by atoms with Crippen molar-refractivity contribution in [2.24, 2.45) is 21.5 Å². The monoisotopic (exact) mass is 400 g/mol. The molecule has 6 nitrogen and oxygen atoms in total. The van der Waals surface area contributed by atoms with Gasteiger partial charge >= 0.3 is 0 Å². The second-order valence-corrected chi connectivity index (χ2v) is 7.11. The van der Waals surface area contributed by atoms with E-state index in [0.717, 1.165) is 39.8 Å². The predicted octanol–water partition coefficient (Wildman–Crippen LogP) is 4.56. The van der Waals surface area contributed by atoms with Crippen LogP contribution in [0.3, 0.4) is 0 Å². The van der Waals surface area contributed by atoms with E-state index in [0.29, 0.717) is 12.3 Å². The van der Waals surface area contributed by atoms with Crippen LogP contribution >= 0.6 is 0 Å². The van der Waals surface area contributed by atoms with Crippen LogP contribution in [0.15, 0.2) is 70.8 Å². The summed E-state index contributed by atoms with van der Waals surface area (Å²) < 4.78 is 0. The Kier molecular flexibility index (Phi) is 6.57. The first kappa shape index (κ1) is 21.2. The van der Waals surface area contributed by atoms with E-state index in [4.69, 9.17) is 21.4 Å². The van der Waals surface area contributed by atoms with E-state index in [1.165, 1.54) is 5.56 Å². The molecule has 4 N–H and O–H groups in total. The SMILES string of the molecule is C=C(CC)C(N=C(N)N)=N[C@@H](C)c1cc2cccc(CC)c2nc1-c1ccccn1. The number of para-hydroxylation sites is 1. The highest BCUT2D eigenvalue weighted by Crippen LogP contribution is 2.32. The zero-order chi connectivity index (χ0) is 21.7. The molecule has 0 aliphatic heterocycles. The number of hydrogen-bond acceptors (Lipinski definition) is 3. The van der Waals surface area contributed by atoms with Crippen molar-refractivity contribution in [2.75, 3.05) is 0 Å². The number of pyridine rings is 2. The van der Waals surface area contributed by atoms with Gasteiger partial charge in [-0.05, 0) is 49.1 Å². The molecule has 2 heterocycles. The Balaban J connectivity index is 2.24. The normalized spacial score (nSPS) is 12.6. The van der Waals surface area contributed by atoms with Gasteiger partial charge in [-0.1, -0.05) is 44.7 Å². The van der Waals surface area contributed by atoms with Gasteiger partial charge in [0.1, 0.15) is 0 Å². The lowest BCUT2D eigenvalue weighted by atomic mass is 9.99. The second-order valence-electron chi connectivity index (χ2n) is 7.11. The molecule has 0 unspecified atom stereocenters. The van der Waals surface area contributed by atoms with Crippen LogP contribution in [0.2, 0.25) is 0 Å². The minimum absolute atomic E-state index is 0.0373. The fourth-order valence-electron chi connectivity index (χ4n) is 3.32. The Bertz CT molecular complexity index is 1110. The van der Waals surface area contributed by atoms with Crippen LogP contribution in [-0.2, 0) is 6.42 Å². The van der Waals surface area contributed by atoms with Crippen molar-refractivity contribution >= 4 is 22.7 Å². The summed E-state index contributed by atoms with van der Waals surface area (Å²) in [4.78, 5) is 18.6. The average Bonchev–Trinajstić information content (AvgIpc) is 2.76. The van der Waals surface area contributed by atoms with Crippen LogP contribution in [0, 0.1) is 0 Å². The number of aryl methyl sites for hydroxylation is 1. The van der Waals surface area contributed by atoms with E-state index >= 15 is 0 Å². The number of guanidine groups is 1. The lowest BCUT2D eigenvalue weighted by molar-refractivity contribution is 0.814. The zero-order valence-corrected chi connectivity index (χ0v) is 17.8. The van der Waals surface area contributed by atoms with Gasteiger partial charge in [0.2, 0.25) is 0 Å². The number of nitrogens with two attached hydrogens (primary N) is 2. The number of aromatic nitrogens is 2. The van der Waals surface area contributed by atoms with Crippen molar-refractivity contribution in [1.29, 1.82) is 0 Å². The minimum atomic E-state index is -0.245. The third kappa shape index (κ3) is 4.54. The van der Waals surface area contributed by atoms with Gasteiger partial charge in [0, 0.05) is 17.1 Å². The second kappa shape index (κ2) is 9.31. The van der Waals surface area contributed by atoms with Crippen LogP contribution in [-0.4, -0.2) is 21.8 Å². The van der Waals surface area contributed by atoms with E-state index in [1.807, 2.05) is 32.0 Å². The zero-order valence-electron chi connectivity index (χ0n) is 17.8. The molecule has 1 aromatic carbocycles. The Hall–Kier alpha value is -3.54. The molecule has 30 heavy (non-hydrogen) atoms. The van der Waals surface area contributed by atoms with Gasteiger partial charge < -0.3 is 11.5 Å². The molecule has 6 heteroatoms. The van der Waals surface area contributed by atoms with Crippen LogP contribution in [0.5, 0.6) is 0 Å². The van der Waals surface area contributed by atoms with Crippen LogP contribution in [0.1, 0.15) is 44.4 Å². The molecule has 0 aliphatic carbocycles. The maximum absolute atomic E-state index is 5.61. The molecular formula is C24H28N6. The molecule has 154 valence electrons. The van der Waals surface area contributed by atoms with Crippen molar-refractivity contribution in [1.82, 2.24) is 9.97 Å². The summed E-state index contributed by atoms with van der Waals surface area (Å²) in [5.74, 6) is 0.420. The number of nitrogens with zero attached hydrogens (tertiary/aromatic N) is 4. The number of rotatable bonds is 6. The summed E-state index contributed by atoms with van der Waals surface area (Å²) in [6.07, 6.45) is 3.38. The van der Waals surface area contributed by atoms with E-state index in [9.17, 15) is 0 Å². The Morgan fingerprint density at radius 2 is 1.93 bits per heavy atom. The number of hydrogen-bond donors (Lipinski definition) is 2. The quantitative estimate of drug-likeness (QED) is 0.468. The fourth-order valence-corrected chi connectivity index (χ4v) is 3.32. The largest absolute Gasteiger partial charge is 0.370 e. The van der Waals surface area contributed by atoms with E-state index in [2.05, 4.69) is 47.7 Å². The van der Waals surface area contributed by atoms with Gasteiger partial charge in [0.25, 0.3) is 0 Å². The lowest BCUT2D eigenvalue weighted by Gasteiger charge is -2.16.